The molecule has 0 saturated carbocycles. The van der Waals surface area contributed by atoms with Crippen LogP contribution >= 0.6 is 0 Å². The van der Waals surface area contributed by atoms with Crippen LogP contribution in [0.1, 0.15) is 36.8 Å². The molecule has 1 N–H and O–H groups in total. The zero-order valence-corrected chi connectivity index (χ0v) is 9.79. The van der Waals surface area contributed by atoms with Gasteiger partial charge >= 0.3 is 11.7 Å². The summed E-state index contributed by atoms with van der Waals surface area (Å²) in [6.07, 6.45) is 7.14. The maximum atomic E-state index is 11.8. The van der Waals surface area contributed by atoms with E-state index in [9.17, 15) is 4.79 Å². The number of hydrogen-bond acceptors (Lipinski definition) is 1. The van der Waals surface area contributed by atoms with Crippen LogP contribution in [0.3, 0.4) is 0 Å². The maximum Gasteiger partial charge on any atom is 0.347 e. The van der Waals surface area contributed by atoms with Gasteiger partial charge in [0.25, 0.3) is 0 Å². The normalized spacial score (nSPS) is 10.3. The van der Waals surface area contributed by atoms with Crippen LogP contribution in [-0.4, -0.2) is 17.0 Å². The average molecular weight is 210 g/mol. The van der Waals surface area contributed by atoms with Crippen molar-refractivity contribution in [3.63, 3.8) is 0 Å². The first-order valence-corrected chi connectivity index (χ1v) is 5.46. The molecule has 0 radical (unpaired) electrons. The fourth-order valence-corrected chi connectivity index (χ4v) is 1.57. The molecule has 1 aromatic rings. The van der Waals surface area contributed by atoms with Crippen molar-refractivity contribution in [3.8, 4) is 0 Å². The third kappa shape index (κ3) is 3.08. The number of carbonyl (C=O) groups excluding carboxylic acids is 1. The van der Waals surface area contributed by atoms with Gasteiger partial charge in [-0.2, -0.15) is 0 Å². The Bertz CT molecular complexity index is 311. The molecule has 0 aliphatic heterocycles. The fraction of sp³-hybridized carbons (Fsp3) is 0.636. The van der Waals surface area contributed by atoms with Crippen LogP contribution in [0.25, 0.3) is 0 Å². The highest BCUT2D eigenvalue weighted by Crippen LogP contribution is 1.94. The lowest BCUT2D eigenvalue weighted by Gasteiger charge is -2.02. The van der Waals surface area contributed by atoms with E-state index in [2.05, 4.69) is 12.2 Å². The van der Waals surface area contributed by atoms with E-state index in [1.807, 2.05) is 35.6 Å². The summed E-state index contributed by atoms with van der Waals surface area (Å²) >= 11 is 0. The van der Waals surface area contributed by atoms with E-state index >= 15 is 0 Å². The zero-order valence-electron chi connectivity index (χ0n) is 9.79. The Morgan fingerprint density at radius 1 is 1.53 bits per heavy atom. The molecule has 0 fully saturated rings. The van der Waals surface area contributed by atoms with Crippen LogP contribution in [0.4, 0.5) is 0 Å². The number of amides is 1. The van der Waals surface area contributed by atoms with Gasteiger partial charge in [-0.25, -0.2) is 9.13 Å². The molecule has 84 valence electrons. The molecule has 1 amide bonds. The second-order valence-corrected chi connectivity index (χ2v) is 3.81. The van der Waals surface area contributed by atoms with Crippen molar-refractivity contribution >= 4 is 5.91 Å². The van der Waals surface area contributed by atoms with Crippen molar-refractivity contribution < 1.29 is 9.36 Å². The second kappa shape index (κ2) is 5.53. The first-order chi connectivity index (χ1) is 7.16. The van der Waals surface area contributed by atoms with Gasteiger partial charge in [0.1, 0.15) is 12.4 Å². The van der Waals surface area contributed by atoms with Crippen LogP contribution in [0.5, 0.6) is 0 Å². The molecule has 0 spiro atoms. The van der Waals surface area contributed by atoms with Gasteiger partial charge in [-0.05, 0) is 6.42 Å². The molecule has 15 heavy (non-hydrogen) atoms. The molecular weight excluding hydrogens is 190 g/mol. The Kier molecular flexibility index (Phi) is 4.34. The van der Waals surface area contributed by atoms with E-state index < -0.39 is 0 Å². The van der Waals surface area contributed by atoms with Crippen molar-refractivity contribution in [1.29, 1.82) is 0 Å². The Morgan fingerprint density at radius 3 is 2.80 bits per heavy atom. The highest BCUT2D eigenvalue weighted by atomic mass is 16.2. The van der Waals surface area contributed by atoms with Gasteiger partial charge in [0.15, 0.2) is 0 Å². The Balaban J connectivity index is 2.47. The highest BCUT2D eigenvalue weighted by Gasteiger charge is 2.19. The standard InChI is InChI=1S/C11H19N3O/c1-4-5-6-7-12-10(15)11-13(2)8-9-14(11)3/h8-9H,4-7H2,1-3H3/p+1. The monoisotopic (exact) mass is 210 g/mol. The minimum atomic E-state index is 0.00102. The Labute approximate surface area is 90.9 Å². The number of aromatic nitrogens is 2. The molecule has 1 aromatic heterocycles. The summed E-state index contributed by atoms with van der Waals surface area (Å²) < 4.78 is 3.66. The minimum Gasteiger partial charge on any atom is -0.346 e. The van der Waals surface area contributed by atoms with Crippen LogP contribution in [0.15, 0.2) is 12.4 Å². The van der Waals surface area contributed by atoms with E-state index in [0.29, 0.717) is 5.82 Å². The summed E-state index contributed by atoms with van der Waals surface area (Å²) in [5, 5.41) is 2.92. The van der Waals surface area contributed by atoms with Gasteiger partial charge in [-0.15, -0.1) is 0 Å². The summed E-state index contributed by atoms with van der Waals surface area (Å²) in [5.41, 5.74) is 0. The molecule has 1 rings (SSSR count). The number of carbonyl (C=O) groups is 1. The lowest BCUT2D eigenvalue weighted by atomic mass is 10.2. The van der Waals surface area contributed by atoms with E-state index in [1.165, 1.54) is 12.8 Å². The number of unbranched alkanes of at least 4 members (excludes halogenated alkanes) is 2. The largest absolute Gasteiger partial charge is 0.347 e. The number of nitrogens with zero attached hydrogens (tertiary/aromatic N) is 2. The average Bonchev–Trinajstić information content (AvgIpc) is 2.53. The van der Waals surface area contributed by atoms with E-state index in [0.717, 1.165) is 13.0 Å². The van der Waals surface area contributed by atoms with Crippen LogP contribution in [0.2, 0.25) is 0 Å². The molecule has 0 aliphatic carbocycles. The van der Waals surface area contributed by atoms with Gasteiger partial charge in [0, 0.05) is 6.54 Å². The molecule has 0 saturated heterocycles. The first kappa shape index (κ1) is 11.8. The van der Waals surface area contributed by atoms with Crippen molar-refractivity contribution in [2.45, 2.75) is 26.2 Å². The van der Waals surface area contributed by atoms with Crippen LogP contribution < -0.4 is 9.88 Å². The van der Waals surface area contributed by atoms with Gasteiger partial charge in [-0.1, -0.05) is 19.8 Å². The Morgan fingerprint density at radius 2 is 2.27 bits per heavy atom. The molecule has 0 aromatic carbocycles. The predicted molar refractivity (Wildman–Crippen MR) is 58.4 cm³/mol. The minimum absolute atomic E-state index is 0.00102. The molecule has 0 aliphatic rings. The van der Waals surface area contributed by atoms with Gasteiger partial charge < -0.3 is 5.32 Å². The van der Waals surface area contributed by atoms with Crippen molar-refractivity contribution in [3.05, 3.63) is 18.2 Å². The third-order valence-corrected chi connectivity index (χ3v) is 2.45. The SMILES string of the molecule is CCCCCNC(=O)c1n(C)cc[n+]1C. The summed E-state index contributed by atoms with van der Waals surface area (Å²) in [6, 6.07) is 0. The summed E-state index contributed by atoms with van der Waals surface area (Å²) in [6.45, 7) is 2.91. The van der Waals surface area contributed by atoms with E-state index in [4.69, 9.17) is 0 Å². The molecule has 4 heteroatoms. The van der Waals surface area contributed by atoms with E-state index in [1.54, 1.807) is 0 Å². The maximum absolute atomic E-state index is 11.8. The molecule has 4 nitrogen and oxygen atoms in total. The predicted octanol–water partition coefficient (Wildman–Crippen LogP) is 0.770. The van der Waals surface area contributed by atoms with Gasteiger partial charge in [0.05, 0.1) is 14.1 Å². The van der Waals surface area contributed by atoms with Gasteiger partial charge in [-0.3, -0.25) is 4.79 Å². The third-order valence-electron chi connectivity index (χ3n) is 2.45. The first-order valence-electron chi connectivity index (χ1n) is 5.46. The summed E-state index contributed by atoms with van der Waals surface area (Å²) in [7, 11) is 3.75. The number of rotatable bonds is 5. The quantitative estimate of drug-likeness (QED) is 0.566. The van der Waals surface area contributed by atoms with Crippen molar-refractivity contribution in [1.82, 2.24) is 9.88 Å². The lowest BCUT2D eigenvalue weighted by Crippen LogP contribution is -2.40. The second-order valence-electron chi connectivity index (χ2n) is 3.81. The lowest BCUT2D eigenvalue weighted by molar-refractivity contribution is -0.673. The number of hydrogen-bond donors (Lipinski definition) is 1. The molecule has 0 unspecified atom stereocenters. The Hall–Kier alpha value is -1.32. The van der Waals surface area contributed by atoms with Crippen molar-refractivity contribution in [2.75, 3.05) is 6.54 Å². The molecule has 0 atom stereocenters. The zero-order chi connectivity index (χ0) is 11.3. The fourth-order valence-electron chi connectivity index (χ4n) is 1.57. The number of imidazole rings is 1. The summed E-state index contributed by atoms with van der Waals surface area (Å²) in [5.74, 6) is 0.688. The summed E-state index contributed by atoms with van der Waals surface area (Å²) in [4.78, 5) is 11.8. The van der Waals surface area contributed by atoms with Crippen molar-refractivity contribution in [2.24, 2.45) is 14.1 Å². The van der Waals surface area contributed by atoms with Crippen LogP contribution in [0, 0.1) is 0 Å². The smallest absolute Gasteiger partial charge is 0.346 e. The number of nitrogens with one attached hydrogen (secondary N) is 1. The molecule has 1 heterocycles. The van der Waals surface area contributed by atoms with E-state index in [-0.39, 0.29) is 5.91 Å². The molecule has 0 bridgehead atoms. The van der Waals surface area contributed by atoms with Gasteiger partial charge in [0.2, 0.25) is 0 Å². The number of aryl methyl sites for hydroxylation is 2. The highest BCUT2D eigenvalue weighted by molar-refractivity contribution is 5.89. The topological polar surface area (TPSA) is 37.9 Å². The van der Waals surface area contributed by atoms with Crippen LogP contribution in [-0.2, 0) is 14.1 Å². The molecular formula is C11H20N3O+.